The first-order chi connectivity index (χ1) is 8.18. The molecule has 0 amide bonds. The first-order valence-corrected chi connectivity index (χ1v) is 5.31. The Morgan fingerprint density at radius 1 is 1.76 bits per heavy atom. The van der Waals surface area contributed by atoms with Crippen LogP contribution in [0.5, 0.6) is 0 Å². The second kappa shape index (κ2) is 6.06. The lowest BCUT2D eigenvalue weighted by molar-refractivity contribution is -0.138. The Labute approximate surface area is 101 Å². The number of aromatic nitrogens is 1. The van der Waals surface area contributed by atoms with E-state index in [4.69, 9.17) is 15.3 Å². The number of hydrogen-bond donors (Lipinski definition) is 1. The topological polar surface area (TPSA) is 104 Å². The van der Waals surface area contributed by atoms with Crippen molar-refractivity contribution in [2.45, 2.75) is 5.60 Å². The normalized spacial score (nSPS) is 14.4. The highest BCUT2D eigenvalue weighted by atomic mass is 32.1. The van der Waals surface area contributed by atoms with Gasteiger partial charge in [0.05, 0.1) is 5.69 Å². The van der Waals surface area contributed by atoms with Crippen molar-refractivity contribution in [3.63, 3.8) is 0 Å². The average molecular weight is 256 g/mol. The molecule has 0 bridgehead atoms. The van der Waals surface area contributed by atoms with Gasteiger partial charge in [0, 0.05) is 12.5 Å². The van der Waals surface area contributed by atoms with Crippen LogP contribution in [-0.2, 0) is 24.8 Å². The molecule has 1 heterocycles. The molecule has 0 spiro atoms. The second-order valence-corrected chi connectivity index (χ2v) is 3.80. The maximum absolute atomic E-state index is 11.1. The van der Waals surface area contributed by atoms with Gasteiger partial charge in [0.1, 0.15) is 6.21 Å². The Bertz CT molecular complexity index is 420. The maximum Gasteiger partial charge on any atom is 0.248 e. The lowest BCUT2D eigenvalue weighted by atomic mass is 10.0. The summed E-state index contributed by atoms with van der Waals surface area (Å²) in [5.41, 5.74) is 4.43. The molecule has 1 atom stereocenters. The number of oxime groups is 1. The van der Waals surface area contributed by atoms with Crippen molar-refractivity contribution >= 4 is 35.3 Å². The predicted molar refractivity (Wildman–Crippen MR) is 61.4 cm³/mol. The minimum Gasteiger partial charge on any atom is -0.392 e. The van der Waals surface area contributed by atoms with Crippen LogP contribution in [0.15, 0.2) is 10.5 Å². The van der Waals surface area contributed by atoms with Crippen LogP contribution in [0.3, 0.4) is 0 Å². The third-order valence-electron chi connectivity index (χ3n) is 1.97. The highest BCUT2D eigenvalue weighted by Crippen LogP contribution is 2.26. The van der Waals surface area contributed by atoms with Gasteiger partial charge in [-0.2, -0.15) is 0 Å². The molecular weight excluding hydrogens is 246 g/mol. The van der Waals surface area contributed by atoms with E-state index in [1.165, 1.54) is 24.7 Å². The number of nitrogen functional groups attached to an aromatic ring is 1. The summed E-state index contributed by atoms with van der Waals surface area (Å²) < 4.78 is 5.09. The quantitative estimate of drug-likeness (QED) is 0.414. The van der Waals surface area contributed by atoms with Crippen LogP contribution in [0.4, 0.5) is 5.13 Å². The summed E-state index contributed by atoms with van der Waals surface area (Å²) in [4.78, 5) is 29.7. The predicted octanol–water partition coefficient (Wildman–Crippen LogP) is -0.122. The van der Waals surface area contributed by atoms with Crippen molar-refractivity contribution in [3.05, 3.63) is 11.1 Å². The van der Waals surface area contributed by atoms with E-state index in [9.17, 15) is 9.59 Å². The van der Waals surface area contributed by atoms with Gasteiger partial charge in [-0.15, -0.1) is 11.3 Å². The number of methoxy groups -OCH3 is 1. The van der Waals surface area contributed by atoms with Crippen molar-refractivity contribution in [1.82, 2.24) is 4.98 Å². The van der Waals surface area contributed by atoms with Gasteiger partial charge in [-0.25, -0.2) is 4.98 Å². The summed E-state index contributed by atoms with van der Waals surface area (Å²) in [6.07, 6.45) is 2.74. The molecular formula is C9H10N3O4S. The van der Waals surface area contributed by atoms with Gasteiger partial charge in [-0.1, -0.05) is 5.16 Å². The Morgan fingerprint density at radius 2 is 2.53 bits per heavy atom. The molecule has 1 unspecified atom stereocenters. The Balaban J connectivity index is 2.85. The number of ether oxygens (including phenoxy) is 1. The van der Waals surface area contributed by atoms with Gasteiger partial charge in [0.2, 0.25) is 11.9 Å². The largest absolute Gasteiger partial charge is 0.392 e. The van der Waals surface area contributed by atoms with Crippen molar-refractivity contribution in [3.8, 4) is 0 Å². The van der Waals surface area contributed by atoms with Gasteiger partial charge in [-0.05, 0) is 0 Å². The highest BCUT2D eigenvalue weighted by molar-refractivity contribution is 7.13. The van der Waals surface area contributed by atoms with E-state index < -0.39 is 5.60 Å². The number of carbonyl (C=O) groups excluding carboxylic acids is 2. The molecule has 91 valence electrons. The molecule has 8 heteroatoms. The fourth-order valence-electron chi connectivity index (χ4n) is 1.05. The SMILES string of the molecule is COC(C=O)(CON=C[C]=O)c1csc(N)n1. The number of hydrogen-bond acceptors (Lipinski definition) is 8. The van der Waals surface area contributed by atoms with Crippen LogP contribution in [0.1, 0.15) is 5.69 Å². The third kappa shape index (κ3) is 3.08. The molecule has 0 aliphatic heterocycles. The molecule has 1 radical (unpaired) electrons. The summed E-state index contributed by atoms with van der Waals surface area (Å²) in [6, 6.07) is 0. The lowest BCUT2D eigenvalue weighted by Gasteiger charge is -2.22. The van der Waals surface area contributed by atoms with Crippen molar-refractivity contribution in [2.24, 2.45) is 5.16 Å². The first kappa shape index (κ1) is 13.3. The number of carbonyl (C=O) groups is 1. The third-order valence-corrected chi connectivity index (χ3v) is 2.64. The molecule has 0 aliphatic carbocycles. The van der Waals surface area contributed by atoms with E-state index in [1.54, 1.807) is 5.38 Å². The molecule has 1 aromatic rings. The average Bonchev–Trinajstić information content (AvgIpc) is 2.77. The van der Waals surface area contributed by atoms with Gasteiger partial charge in [0.15, 0.2) is 18.0 Å². The summed E-state index contributed by atoms with van der Waals surface area (Å²) in [7, 11) is 1.34. The van der Waals surface area contributed by atoms with Crippen LogP contribution in [0, 0.1) is 0 Å². The van der Waals surface area contributed by atoms with E-state index in [0.717, 1.165) is 6.21 Å². The van der Waals surface area contributed by atoms with E-state index in [2.05, 4.69) is 10.1 Å². The van der Waals surface area contributed by atoms with Crippen LogP contribution < -0.4 is 5.73 Å². The second-order valence-electron chi connectivity index (χ2n) is 2.91. The van der Waals surface area contributed by atoms with Gasteiger partial charge < -0.3 is 15.3 Å². The number of nitrogens with two attached hydrogens (primary N) is 1. The summed E-state index contributed by atoms with van der Waals surface area (Å²) >= 11 is 1.18. The van der Waals surface area contributed by atoms with Crippen LogP contribution in [0.2, 0.25) is 0 Å². The Hall–Kier alpha value is -1.80. The molecule has 0 saturated carbocycles. The zero-order valence-electron chi connectivity index (χ0n) is 8.95. The van der Waals surface area contributed by atoms with Gasteiger partial charge in [0.25, 0.3) is 0 Å². The molecule has 1 rings (SSSR count). The standard InChI is InChI=1S/C9H10N3O4S/c1-15-9(5-14,6-16-11-2-3-13)7-4-17-8(10)12-7/h2,4-5H,6H2,1H3,(H2,10,12). The summed E-state index contributed by atoms with van der Waals surface area (Å²) in [5, 5.41) is 5.16. The Morgan fingerprint density at radius 3 is 3.00 bits per heavy atom. The number of thiazole rings is 1. The van der Waals surface area contributed by atoms with Crippen molar-refractivity contribution in [2.75, 3.05) is 19.5 Å². The van der Waals surface area contributed by atoms with E-state index >= 15 is 0 Å². The molecule has 0 saturated heterocycles. The highest BCUT2D eigenvalue weighted by Gasteiger charge is 2.36. The number of anilines is 1. The number of aldehydes is 1. The summed E-state index contributed by atoms with van der Waals surface area (Å²) in [6.45, 7) is -0.214. The minimum absolute atomic E-state index is 0.214. The zero-order chi connectivity index (χ0) is 12.7. The van der Waals surface area contributed by atoms with Crippen LogP contribution in [0.25, 0.3) is 0 Å². The number of rotatable bonds is 7. The van der Waals surface area contributed by atoms with Crippen molar-refractivity contribution in [1.29, 1.82) is 0 Å². The summed E-state index contributed by atoms with van der Waals surface area (Å²) in [5.74, 6) is 0. The van der Waals surface area contributed by atoms with Crippen LogP contribution in [-0.4, -0.2) is 37.5 Å². The smallest absolute Gasteiger partial charge is 0.248 e. The first-order valence-electron chi connectivity index (χ1n) is 4.43. The fourth-order valence-corrected chi connectivity index (χ4v) is 1.69. The molecule has 17 heavy (non-hydrogen) atoms. The van der Waals surface area contributed by atoms with Gasteiger partial charge in [-0.3, -0.25) is 9.59 Å². The molecule has 1 aromatic heterocycles. The molecule has 0 aromatic carbocycles. The van der Waals surface area contributed by atoms with E-state index in [1.807, 2.05) is 0 Å². The molecule has 0 aliphatic rings. The van der Waals surface area contributed by atoms with Crippen molar-refractivity contribution < 1.29 is 19.2 Å². The van der Waals surface area contributed by atoms with Crippen LogP contribution >= 0.6 is 11.3 Å². The number of nitrogens with zero attached hydrogens (tertiary/aromatic N) is 2. The fraction of sp³-hybridized carbons (Fsp3) is 0.333. The molecule has 7 nitrogen and oxygen atoms in total. The Kier molecular flexibility index (Phi) is 4.73. The molecule has 2 N–H and O–H groups in total. The lowest BCUT2D eigenvalue weighted by Crippen LogP contribution is -2.35. The molecule has 0 fully saturated rings. The van der Waals surface area contributed by atoms with Gasteiger partial charge >= 0.3 is 0 Å². The minimum atomic E-state index is -1.38. The maximum atomic E-state index is 11.1. The van der Waals surface area contributed by atoms with E-state index in [0.29, 0.717) is 17.1 Å². The zero-order valence-corrected chi connectivity index (χ0v) is 9.77. The van der Waals surface area contributed by atoms with E-state index in [-0.39, 0.29) is 6.61 Å². The monoisotopic (exact) mass is 256 g/mol.